The summed E-state index contributed by atoms with van der Waals surface area (Å²) in [5.74, 6) is 0. The average molecular weight is 186 g/mol. The molecular formula is C9H22N2Si. The number of hydrogen-bond acceptors (Lipinski definition) is 2. The van der Waals surface area contributed by atoms with Crippen LogP contribution in [0.2, 0.25) is 0 Å². The van der Waals surface area contributed by atoms with Gasteiger partial charge in [0.25, 0.3) is 0 Å². The van der Waals surface area contributed by atoms with Gasteiger partial charge in [-0.25, -0.2) is 0 Å². The molecule has 0 atom stereocenters. The first kappa shape index (κ1) is 11.9. The summed E-state index contributed by atoms with van der Waals surface area (Å²) in [7, 11) is 5.48. The molecule has 72 valence electrons. The van der Waals surface area contributed by atoms with Crippen LogP contribution in [0.3, 0.4) is 0 Å². The molecule has 0 bridgehead atoms. The minimum absolute atomic E-state index is 0.484. The van der Waals surface area contributed by atoms with Crippen molar-refractivity contribution >= 4 is 10.2 Å². The molecule has 0 heterocycles. The standard InChI is InChI=1S/C9H22N2Si/c1-5-10(3)9(7-8-12)11(4)6-2/h7-9H,5-6H2,1-4,12H3. The van der Waals surface area contributed by atoms with Crippen molar-refractivity contribution in [3.63, 3.8) is 0 Å². The van der Waals surface area contributed by atoms with Gasteiger partial charge in [-0.15, -0.1) is 5.70 Å². The summed E-state index contributed by atoms with van der Waals surface area (Å²) in [6, 6.07) is 0. The second-order valence-corrected chi connectivity index (χ2v) is 3.75. The van der Waals surface area contributed by atoms with E-state index in [-0.39, 0.29) is 0 Å². The molecule has 0 spiro atoms. The molecular weight excluding hydrogens is 164 g/mol. The van der Waals surface area contributed by atoms with E-state index >= 15 is 0 Å². The van der Waals surface area contributed by atoms with Gasteiger partial charge in [0, 0.05) is 10.2 Å². The third-order valence-corrected chi connectivity index (χ3v) is 2.65. The Morgan fingerprint density at radius 2 is 1.58 bits per heavy atom. The molecule has 0 aromatic heterocycles. The van der Waals surface area contributed by atoms with Crippen molar-refractivity contribution in [2.75, 3.05) is 27.2 Å². The Morgan fingerprint density at radius 3 is 1.83 bits per heavy atom. The van der Waals surface area contributed by atoms with Crippen molar-refractivity contribution in [1.29, 1.82) is 0 Å². The molecule has 0 saturated heterocycles. The fourth-order valence-corrected chi connectivity index (χ4v) is 1.52. The summed E-state index contributed by atoms with van der Waals surface area (Å²) < 4.78 is 0. The minimum Gasteiger partial charge on any atom is -0.288 e. The molecule has 0 fully saturated rings. The molecule has 2 nitrogen and oxygen atoms in total. The van der Waals surface area contributed by atoms with Gasteiger partial charge in [0.15, 0.2) is 0 Å². The lowest BCUT2D eigenvalue weighted by atomic mass is 10.3. The Hall–Kier alpha value is -0.123. The molecule has 0 aromatic carbocycles. The van der Waals surface area contributed by atoms with E-state index in [4.69, 9.17) is 0 Å². The van der Waals surface area contributed by atoms with Crippen LogP contribution in [0.1, 0.15) is 13.8 Å². The van der Waals surface area contributed by atoms with Crippen molar-refractivity contribution < 1.29 is 0 Å². The quantitative estimate of drug-likeness (QED) is 0.444. The van der Waals surface area contributed by atoms with E-state index in [2.05, 4.69) is 49.5 Å². The van der Waals surface area contributed by atoms with Crippen LogP contribution in [0, 0.1) is 0 Å². The fraction of sp³-hybridized carbons (Fsp3) is 0.778. The molecule has 3 heteroatoms. The molecule has 12 heavy (non-hydrogen) atoms. The summed E-state index contributed by atoms with van der Waals surface area (Å²) in [6.07, 6.45) is 2.77. The Balaban J connectivity index is 4.20. The molecule has 0 amide bonds. The normalized spacial score (nSPS) is 12.9. The number of likely N-dealkylation sites (N-methyl/N-ethyl adjacent to an activating group) is 2. The highest BCUT2D eigenvalue weighted by Crippen LogP contribution is 2.02. The van der Waals surface area contributed by atoms with Gasteiger partial charge < -0.3 is 0 Å². The highest BCUT2D eigenvalue weighted by molar-refractivity contribution is 6.17. The van der Waals surface area contributed by atoms with Crippen molar-refractivity contribution in [3.05, 3.63) is 11.8 Å². The zero-order valence-electron chi connectivity index (χ0n) is 9.04. The van der Waals surface area contributed by atoms with Crippen LogP contribution in [-0.2, 0) is 0 Å². The Kier molecular flexibility index (Phi) is 6.33. The van der Waals surface area contributed by atoms with E-state index in [9.17, 15) is 0 Å². The highest BCUT2D eigenvalue weighted by atomic mass is 28.1. The lowest BCUT2D eigenvalue weighted by Crippen LogP contribution is -2.43. The maximum atomic E-state index is 2.35. The minimum atomic E-state index is 0.484. The van der Waals surface area contributed by atoms with Gasteiger partial charge in [0.1, 0.15) is 0 Å². The van der Waals surface area contributed by atoms with E-state index in [1.165, 1.54) is 0 Å². The average Bonchev–Trinajstić information content (AvgIpc) is 2.11. The van der Waals surface area contributed by atoms with Crippen LogP contribution in [0.15, 0.2) is 11.8 Å². The second-order valence-electron chi connectivity index (χ2n) is 3.09. The van der Waals surface area contributed by atoms with Gasteiger partial charge in [-0.1, -0.05) is 19.9 Å². The molecule has 0 unspecified atom stereocenters. The SMILES string of the molecule is CCN(C)C(C=C[SiH3])N(C)CC. The molecule has 0 aliphatic carbocycles. The zero-order chi connectivity index (χ0) is 9.56. The predicted octanol–water partition coefficient (Wildman–Crippen LogP) is 0.0950. The van der Waals surface area contributed by atoms with E-state index < -0.39 is 0 Å². The molecule has 0 aromatic rings. The molecule has 0 radical (unpaired) electrons. The second kappa shape index (κ2) is 6.40. The van der Waals surface area contributed by atoms with Gasteiger partial charge in [-0.2, -0.15) is 0 Å². The first-order valence-electron chi connectivity index (χ1n) is 4.70. The molecule has 0 aliphatic heterocycles. The van der Waals surface area contributed by atoms with Gasteiger partial charge in [0.05, 0.1) is 6.17 Å². The third-order valence-electron chi connectivity index (χ3n) is 2.27. The number of nitrogens with zero attached hydrogens (tertiary/aromatic N) is 2. The first-order valence-corrected chi connectivity index (χ1v) is 5.86. The smallest absolute Gasteiger partial charge is 0.0805 e. The highest BCUT2D eigenvalue weighted by Gasteiger charge is 2.12. The lowest BCUT2D eigenvalue weighted by molar-refractivity contribution is 0.131. The Morgan fingerprint density at radius 1 is 1.17 bits per heavy atom. The largest absolute Gasteiger partial charge is 0.288 e. The Bertz CT molecular complexity index is 126. The summed E-state index contributed by atoms with van der Waals surface area (Å²) >= 11 is 0. The van der Waals surface area contributed by atoms with Crippen LogP contribution < -0.4 is 0 Å². The van der Waals surface area contributed by atoms with Crippen molar-refractivity contribution in [3.8, 4) is 0 Å². The van der Waals surface area contributed by atoms with Crippen molar-refractivity contribution in [2.45, 2.75) is 20.0 Å². The third kappa shape index (κ3) is 3.52. The van der Waals surface area contributed by atoms with Crippen LogP contribution in [0.4, 0.5) is 0 Å². The van der Waals surface area contributed by atoms with E-state index in [1.54, 1.807) is 0 Å². The van der Waals surface area contributed by atoms with Gasteiger partial charge >= 0.3 is 0 Å². The van der Waals surface area contributed by atoms with E-state index in [1.807, 2.05) is 0 Å². The first-order chi connectivity index (χ1) is 5.67. The van der Waals surface area contributed by atoms with Crippen LogP contribution >= 0.6 is 0 Å². The number of hydrogen-bond donors (Lipinski definition) is 0. The topological polar surface area (TPSA) is 6.48 Å². The number of rotatable bonds is 5. The summed E-state index contributed by atoms with van der Waals surface area (Å²) in [5, 5.41) is 0. The Labute approximate surface area is 79.7 Å². The zero-order valence-corrected chi connectivity index (χ0v) is 11.0. The van der Waals surface area contributed by atoms with Gasteiger partial charge in [0.2, 0.25) is 0 Å². The molecule has 0 N–H and O–H groups in total. The summed E-state index contributed by atoms with van der Waals surface area (Å²) in [5.41, 5.74) is 2.25. The lowest BCUT2D eigenvalue weighted by Gasteiger charge is -2.31. The van der Waals surface area contributed by atoms with E-state index in [0.29, 0.717) is 6.17 Å². The maximum absolute atomic E-state index is 2.35. The predicted molar refractivity (Wildman–Crippen MR) is 59.5 cm³/mol. The molecule has 0 rings (SSSR count). The van der Waals surface area contributed by atoms with E-state index in [0.717, 1.165) is 23.3 Å². The monoisotopic (exact) mass is 186 g/mol. The summed E-state index contributed by atoms with van der Waals surface area (Å²) in [6.45, 7) is 6.58. The van der Waals surface area contributed by atoms with Gasteiger partial charge in [-0.3, -0.25) is 9.80 Å². The maximum Gasteiger partial charge on any atom is 0.0805 e. The van der Waals surface area contributed by atoms with Crippen LogP contribution in [0.25, 0.3) is 0 Å². The van der Waals surface area contributed by atoms with Crippen molar-refractivity contribution in [1.82, 2.24) is 9.80 Å². The summed E-state index contributed by atoms with van der Waals surface area (Å²) in [4.78, 5) is 4.69. The van der Waals surface area contributed by atoms with Crippen LogP contribution in [0.5, 0.6) is 0 Å². The van der Waals surface area contributed by atoms with Crippen molar-refractivity contribution in [2.24, 2.45) is 0 Å². The molecule has 0 saturated carbocycles. The van der Waals surface area contributed by atoms with Gasteiger partial charge in [-0.05, 0) is 27.2 Å². The molecule has 0 aliphatic rings. The fourth-order valence-electron chi connectivity index (χ4n) is 1.18. The van der Waals surface area contributed by atoms with Crippen LogP contribution in [-0.4, -0.2) is 53.4 Å².